The maximum absolute atomic E-state index is 12.1. The van der Waals surface area contributed by atoms with Gasteiger partial charge in [0.15, 0.2) is 0 Å². The van der Waals surface area contributed by atoms with Gasteiger partial charge in [-0.05, 0) is 25.9 Å². The van der Waals surface area contributed by atoms with Crippen molar-refractivity contribution in [3.05, 3.63) is 0 Å². The highest BCUT2D eigenvalue weighted by Gasteiger charge is 2.45. The van der Waals surface area contributed by atoms with Gasteiger partial charge in [0.1, 0.15) is 12.2 Å². The van der Waals surface area contributed by atoms with Crippen molar-refractivity contribution in [2.75, 3.05) is 32.8 Å². The molecule has 0 spiro atoms. The Balaban J connectivity index is 1.77. The highest BCUT2D eigenvalue weighted by Crippen LogP contribution is 2.28. The molecule has 0 aromatic rings. The highest BCUT2D eigenvalue weighted by molar-refractivity contribution is 5.80. The van der Waals surface area contributed by atoms with Gasteiger partial charge in [-0.3, -0.25) is 4.79 Å². The highest BCUT2D eigenvalue weighted by atomic mass is 16.5. The summed E-state index contributed by atoms with van der Waals surface area (Å²) in [6, 6.07) is 0. The van der Waals surface area contributed by atoms with E-state index in [0.29, 0.717) is 19.0 Å². The first-order valence-corrected chi connectivity index (χ1v) is 6.26. The fourth-order valence-corrected chi connectivity index (χ4v) is 2.40. The second-order valence-corrected chi connectivity index (χ2v) is 5.53. The van der Waals surface area contributed by atoms with Crippen molar-refractivity contribution in [1.82, 2.24) is 10.2 Å². The molecule has 6 nitrogen and oxygen atoms in total. The summed E-state index contributed by atoms with van der Waals surface area (Å²) in [5.41, 5.74) is -0.494. The van der Waals surface area contributed by atoms with Crippen LogP contribution >= 0.6 is 0 Å². The van der Waals surface area contributed by atoms with Crippen molar-refractivity contribution in [2.45, 2.75) is 19.4 Å². The predicted molar refractivity (Wildman–Crippen MR) is 64.1 cm³/mol. The van der Waals surface area contributed by atoms with Crippen molar-refractivity contribution in [2.24, 2.45) is 11.8 Å². The number of nitrogens with zero attached hydrogens (tertiary/aromatic N) is 1. The topological polar surface area (TPSA) is 78.9 Å². The number of aliphatic carboxylic acids is 1. The van der Waals surface area contributed by atoms with Crippen molar-refractivity contribution < 1.29 is 19.4 Å². The second-order valence-electron chi connectivity index (χ2n) is 5.53. The van der Waals surface area contributed by atoms with Crippen LogP contribution in [0.5, 0.6) is 0 Å². The predicted octanol–water partition coefficient (Wildman–Crippen LogP) is -0.456. The molecule has 2 heterocycles. The number of carboxylic acids is 1. The number of rotatable bonds is 5. The van der Waals surface area contributed by atoms with Gasteiger partial charge in [0.25, 0.3) is 0 Å². The van der Waals surface area contributed by atoms with Crippen LogP contribution in [0.15, 0.2) is 0 Å². The molecule has 6 heteroatoms. The Hall–Kier alpha value is -1.14. The Morgan fingerprint density at radius 2 is 2.11 bits per heavy atom. The van der Waals surface area contributed by atoms with E-state index in [2.05, 4.69) is 5.32 Å². The summed E-state index contributed by atoms with van der Waals surface area (Å²) >= 11 is 0. The van der Waals surface area contributed by atoms with E-state index in [1.165, 1.54) is 0 Å². The molecule has 0 aromatic heterocycles. The van der Waals surface area contributed by atoms with Gasteiger partial charge in [0, 0.05) is 5.92 Å². The van der Waals surface area contributed by atoms with Gasteiger partial charge in [0.2, 0.25) is 5.91 Å². The van der Waals surface area contributed by atoms with Gasteiger partial charge in [-0.25, -0.2) is 4.79 Å². The van der Waals surface area contributed by atoms with Crippen LogP contribution in [0, 0.1) is 11.8 Å². The number of hydrogen-bond donors (Lipinski definition) is 2. The van der Waals surface area contributed by atoms with Gasteiger partial charge in [0.05, 0.1) is 13.1 Å². The van der Waals surface area contributed by atoms with Crippen LogP contribution in [-0.2, 0) is 14.3 Å². The number of ether oxygens (including phenoxy) is 1. The summed E-state index contributed by atoms with van der Waals surface area (Å²) in [4.78, 5) is 24.3. The van der Waals surface area contributed by atoms with Gasteiger partial charge in [-0.2, -0.15) is 0 Å². The average molecular weight is 256 g/mol. The third-order valence-corrected chi connectivity index (χ3v) is 3.82. The fourth-order valence-electron chi connectivity index (χ4n) is 2.40. The summed E-state index contributed by atoms with van der Waals surface area (Å²) < 4.78 is 5.28. The van der Waals surface area contributed by atoms with Crippen LogP contribution < -0.4 is 5.32 Å². The van der Waals surface area contributed by atoms with E-state index in [1.54, 1.807) is 4.90 Å². The standard InChI is InChI=1S/C12H20N2O4/c1-8(9-3-13-4-9)11(17)14-6-12(2,7-14)18-5-10(15)16/h8-9,13H,3-7H2,1-2H3,(H,15,16). The molecule has 2 aliphatic rings. The molecular formula is C12H20N2O4. The molecule has 1 amide bonds. The monoisotopic (exact) mass is 256 g/mol. The Kier molecular flexibility index (Phi) is 3.59. The molecule has 18 heavy (non-hydrogen) atoms. The molecule has 1 atom stereocenters. The summed E-state index contributed by atoms with van der Waals surface area (Å²) in [5, 5.41) is 11.7. The first kappa shape index (κ1) is 13.3. The third-order valence-electron chi connectivity index (χ3n) is 3.82. The Labute approximate surface area is 106 Å². The maximum atomic E-state index is 12.1. The minimum absolute atomic E-state index is 0.0373. The Morgan fingerprint density at radius 1 is 1.50 bits per heavy atom. The molecule has 0 aliphatic carbocycles. The van der Waals surface area contributed by atoms with E-state index in [-0.39, 0.29) is 18.4 Å². The van der Waals surface area contributed by atoms with Gasteiger partial charge in [-0.15, -0.1) is 0 Å². The number of carboxylic acid groups (broad SMARTS) is 1. The summed E-state index contributed by atoms with van der Waals surface area (Å²) in [5.74, 6) is -0.354. The lowest BCUT2D eigenvalue weighted by atomic mass is 9.85. The SMILES string of the molecule is CC(C(=O)N1CC(C)(OCC(=O)O)C1)C1CNC1. The zero-order valence-electron chi connectivity index (χ0n) is 10.8. The van der Waals surface area contributed by atoms with E-state index in [1.807, 2.05) is 13.8 Å². The van der Waals surface area contributed by atoms with E-state index < -0.39 is 11.6 Å². The van der Waals surface area contributed by atoms with Gasteiger partial charge in [-0.1, -0.05) is 6.92 Å². The molecule has 102 valence electrons. The summed E-state index contributed by atoms with van der Waals surface area (Å²) in [6.45, 7) is 6.30. The first-order valence-electron chi connectivity index (χ1n) is 6.26. The largest absolute Gasteiger partial charge is 0.480 e. The van der Waals surface area contributed by atoms with Crippen molar-refractivity contribution in [3.8, 4) is 0 Å². The number of hydrogen-bond acceptors (Lipinski definition) is 4. The van der Waals surface area contributed by atoms with Gasteiger partial charge < -0.3 is 20.1 Å². The summed E-state index contributed by atoms with van der Waals surface area (Å²) in [6.07, 6.45) is 0. The maximum Gasteiger partial charge on any atom is 0.329 e. The van der Waals surface area contributed by atoms with Gasteiger partial charge >= 0.3 is 5.97 Å². The number of amides is 1. The molecule has 2 N–H and O–H groups in total. The third kappa shape index (κ3) is 2.64. The first-order chi connectivity index (χ1) is 8.41. The van der Waals surface area contributed by atoms with Crippen molar-refractivity contribution in [3.63, 3.8) is 0 Å². The zero-order chi connectivity index (χ0) is 13.3. The lowest BCUT2D eigenvalue weighted by Crippen LogP contribution is -2.65. The second kappa shape index (κ2) is 4.85. The molecule has 0 aromatic carbocycles. The molecule has 2 saturated heterocycles. The minimum atomic E-state index is -0.977. The van der Waals surface area contributed by atoms with Crippen LogP contribution in [-0.4, -0.2) is 60.3 Å². The van der Waals surface area contributed by atoms with Crippen LogP contribution in [0.3, 0.4) is 0 Å². The average Bonchev–Trinajstić information content (AvgIpc) is 2.19. The Morgan fingerprint density at radius 3 is 2.56 bits per heavy atom. The molecule has 2 aliphatic heterocycles. The normalized spacial score (nSPS) is 24.0. The number of carbonyl (C=O) groups is 2. The molecular weight excluding hydrogens is 236 g/mol. The number of likely N-dealkylation sites (tertiary alicyclic amines) is 1. The molecule has 0 radical (unpaired) electrons. The fraction of sp³-hybridized carbons (Fsp3) is 0.833. The molecule has 2 fully saturated rings. The van der Waals surface area contributed by atoms with E-state index >= 15 is 0 Å². The molecule has 1 unspecified atom stereocenters. The Bertz CT molecular complexity index is 348. The van der Waals surface area contributed by atoms with E-state index in [4.69, 9.17) is 9.84 Å². The quantitative estimate of drug-likeness (QED) is 0.696. The summed E-state index contributed by atoms with van der Waals surface area (Å²) in [7, 11) is 0. The van der Waals surface area contributed by atoms with Crippen molar-refractivity contribution in [1.29, 1.82) is 0 Å². The van der Waals surface area contributed by atoms with Crippen LogP contribution in [0.4, 0.5) is 0 Å². The molecule has 0 saturated carbocycles. The van der Waals surface area contributed by atoms with Crippen LogP contribution in [0.1, 0.15) is 13.8 Å². The zero-order valence-corrected chi connectivity index (χ0v) is 10.8. The lowest BCUT2D eigenvalue weighted by Gasteiger charge is -2.49. The van der Waals surface area contributed by atoms with Crippen LogP contribution in [0.2, 0.25) is 0 Å². The van der Waals surface area contributed by atoms with E-state index in [9.17, 15) is 9.59 Å². The molecule has 0 bridgehead atoms. The number of carbonyl (C=O) groups excluding carboxylic acids is 1. The molecule has 2 rings (SSSR count). The smallest absolute Gasteiger partial charge is 0.329 e. The van der Waals surface area contributed by atoms with E-state index in [0.717, 1.165) is 13.1 Å². The minimum Gasteiger partial charge on any atom is -0.480 e. The lowest BCUT2D eigenvalue weighted by molar-refractivity contribution is -0.176. The van der Waals surface area contributed by atoms with Crippen molar-refractivity contribution >= 4 is 11.9 Å². The van der Waals surface area contributed by atoms with Crippen LogP contribution in [0.25, 0.3) is 0 Å². The number of nitrogens with one attached hydrogen (secondary N) is 1.